The molecule has 13 heavy (non-hydrogen) atoms. The van der Waals surface area contributed by atoms with Crippen LogP contribution in [0.2, 0.25) is 0 Å². The molecule has 1 unspecified atom stereocenters. The molecule has 0 saturated carbocycles. The predicted octanol–water partition coefficient (Wildman–Crippen LogP) is 2.19. The topological polar surface area (TPSA) is 46.2 Å². The summed E-state index contributed by atoms with van der Waals surface area (Å²) in [6.07, 6.45) is 0. The van der Waals surface area contributed by atoms with Gasteiger partial charge in [-0.15, -0.1) is 0 Å². The van der Waals surface area contributed by atoms with Gasteiger partial charge >= 0.3 is 0 Å². The van der Waals surface area contributed by atoms with Crippen molar-refractivity contribution in [1.29, 1.82) is 0 Å². The molecule has 0 radical (unpaired) electrons. The highest BCUT2D eigenvalue weighted by atomic mass is 19.1. The minimum absolute atomic E-state index is 0.0486. The van der Waals surface area contributed by atoms with E-state index in [4.69, 9.17) is 10.8 Å². The van der Waals surface area contributed by atoms with Crippen molar-refractivity contribution >= 4 is 0 Å². The van der Waals surface area contributed by atoms with Crippen LogP contribution in [0.25, 0.3) is 0 Å². The molecule has 0 bridgehead atoms. The third-order valence-corrected chi connectivity index (χ3v) is 2.06. The third-order valence-electron chi connectivity index (χ3n) is 2.06. The van der Waals surface area contributed by atoms with E-state index in [2.05, 4.69) is 0 Å². The second-order valence-corrected chi connectivity index (χ2v) is 3.48. The smallest absolute Gasteiger partial charge is 0.128 e. The van der Waals surface area contributed by atoms with Gasteiger partial charge in [-0.1, -0.05) is 13.8 Å². The molecule has 3 N–H and O–H groups in total. The van der Waals surface area contributed by atoms with Gasteiger partial charge in [-0.3, -0.25) is 0 Å². The minimum Gasteiger partial charge on any atom is -0.508 e. The fourth-order valence-corrected chi connectivity index (χ4v) is 1.15. The highest BCUT2D eigenvalue weighted by Gasteiger charge is 2.15. The second kappa shape index (κ2) is 3.75. The molecular formula is C10H14FNO. The summed E-state index contributed by atoms with van der Waals surface area (Å²) < 4.78 is 13.2. The molecule has 2 nitrogen and oxygen atoms in total. The van der Waals surface area contributed by atoms with Gasteiger partial charge in [0.05, 0.1) is 0 Å². The Morgan fingerprint density at radius 3 is 2.54 bits per heavy atom. The second-order valence-electron chi connectivity index (χ2n) is 3.48. The number of aromatic hydroxyl groups is 1. The molecule has 0 spiro atoms. The molecule has 0 saturated heterocycles. The Morgan fingerprint density at radius 1 is 1.38 bits per heavy atom. The molecule has 1 atom stereocenters. The fraction of sp³-hybridized carbons (Fsp3) is 0.400. The van der Waals surface area contributed by atoms with Gasteiger partial charge in [0, 0.05) is 11.6 Å². The first-order chi connectivity index (χ1) is 6.02. The van der Waals surface area contributed by atoms with Crippen molar-refractivity contribution in [2.45, 2.75) is 19.9 Å². The zero-order valence-electron chi connectivity index (χ0n) is 7.79. The van der Waals surface area contributed by atoms with Crippen LogP contribution < -0.4 is 5.73 Å². The molecule has 0 aliphatic carbocycles. The van der Waals surface area contributed by atoms with E-state index >= 15 is 0 Å². The first-order valence-corrected chi connectivity index (χ1v) is 4.26. The number of benzene rings is 1. The molecule has 3 heteroatoms. The van der Waals surface area contributed by atoms with Crippen LogP contribution in [-0.2, 0) is 0 Å². The van der Waals surface area contributed by atoms with Gasteiger partial charge < -0.3 is 10.8 Å². The molecule has 0 aliphatic rings. The molecule has 1 aromatic rings. The first-order valence-electron chi connectivity index (χ1n) is 4.26. The van der Waals surface area contributed by atoms with E-state index in [1.165, 1.54) is 18.2 Å². The Labute approximate surface area is 77.2 Å². The lowest BCUT2D eigenvalue weighted by Crippen LogP contribution is -2.17. The lowest BCUT2D eigenvalue weighted by Gasteiger charge is -2.16. The molecule has 72 valence electrons. The van der Waals surface area contributed by atoms with E-state index in [0.29, 0.717) is 5.56 Å². The van der Waals surface area contributed by atoms with E-state index in [0.717, 1.165) is 0 Å². The maximum atomic E-state index is 13.2. The monoisotopic (exact) mass is 183 g/mol. The Hall–Kier alpha value is -1.09. The van der Waals surface area contributed by atoms with Gasteiger partial charge in [0.15, 0.2) is 0 Å². The van der Waals surface area contributed by atoms with E-state index < -0.39 is 0 Å². The molecule has 0 fully saturated rings. The number of phenols is 1. The van der Waals surface area contributed by atoms with Crippen molar-refractivity contribution in [2.24, 2.45) is 11.7 Å². The summed E-state index contributed by atoms with van der Waals surface area (Å²) in [5, 5.41) is 9.15. The van der Waals surface area contributed by atoms with Crippen LogP contribution in [0.15, 0.2) is 18.2 Å². The maximum absolute atomic E-state index is 13.2. The zero-order valence-corrected chi connectivity index (χ0v) is 7.79. The SMILES string of the molecule is CC(C)C(N)c1cc(O)ccc1F. The lowest BCUT2D eigenvalue weighted by molar-refractivity contribution is 0.456. The van der Waals surface area contributed by atoms with Crippen LogP contribution in [0.5, 0.6) is 5.75 Å². The molecule has 0 aliphatic heterocycles. The van der Waals surface area contributed by atoms with E-state index in [9.17, 15) is 4.39 Å². The number of phenolic OH excluding ortho intramolecular Hbond substituents is 1. The minimum atomic E-state index is -0.368. The van der Waals surface area contributed by atoms with Crippen molar-refractivity contribution in [3.63, 3.8) is 0 Å². The van der Waals surface area contributed by atoms with Crippen molar-refractivity contribution < 1.29 is 9.50 Å². The van der Waals surface area contributed by atoms with Gasteiger partial charge in [-0.25, -0.2) is 4.39 Å². The average Bonchev–Trinajstić information content (AvgIpc) is 2.08. The van der Waals surface area contributed by atoms with Crippen molar-refractivity contribution in [1.82, 2.24) is 0 Å². The first kappa shape index (κ1) is 9.99. The van der Waals surface area contributed by atoms with E-state index in [1.54, 1.807) is 0 Å². The summed E-state index contributed by atoms with van der Waals surface area (Å²) in [7, 11) is 0. The Balaban J connectivity index is 3.05. The summed E-state index contributed by atoms with van der Waals surface area (Å²) in [6, 6.07) is 3.55. The zero-order chi connectivity index (χ0) is 10.0. The highest BCUT2D eigenvalue weighted by Crippen LogP contribution is 2.24. The average molecular weight is 183 g/mol. The standard InChI is InChI=1S/C10H14FNO/c1-6(2)10(12)8-5-7(13)3-4-9(8)11/h3-6,10,13H,12H2,1-2H3. The molecule has 0 amide bonds. The van der Waals surface area contributed by atoms with Gasteiger partial charge in [0.1, 0.15) is 11.6 Å². The maximum Gasteiger partial charge on any atom is 0.128 e. The van der Waals surface area contributed by atoms with Gasteiger partial charge in [0.2, 0.25) is 0 Å². The number of hydrogen-bond acceptors (Lipinski definition) is 2. The third kappa shape index (κ3) is 2.18. The summed E-state index contributed by atoms with van der Waals surface area (Å²) in [5.74, 6) is -0.164. The van der Waals surface area contributed by atoms with Crippen LogP contribution in [0, 0.1) is 11.7 Å². The quantitative estimate of drug-likeness (QED) is 0.738. The highest BCUT2D eigenvalue weighted by molar-refractivity contribution is 5.30. The van der Waals surface area contributed by atoms with E-state index in [-0.39, 0.29) is 23.5 Å². The van der Waals surface area contributed by atoms with E-state index in [1.807, 2.05) is 13.8 Å². The van der Waals surface area contributed by atoms with Crippen LogP contribution >= 0.6 is 0 Å². The van der Waals surface area contributed by atoms with Crippen LogP contribution in [-0.4, -0.2) is 5.11 Å². The Morgan fingerprint density at radius 2 is 2.00 bits per heavy atom. The van der Waals surface area contributed by atoms with Gasteiger partial charge in [-0.2, -0.15) is 0 Å². The van der Waals surface area contributed by atoms with Gasteiger partial charge in [-0.05, 0) is 24.1 Å². The van der Waals surface area contributed by atoms with Crippen molar-refractivity contribution in [3.8, 4) is 5.75 Å². The van der Waals surface area contributed by atoms with Crippen LogP contribution in [0.4, 0.5) is 4.39 Å². The summed E-state index contributed by atoms with van der Waals surface area (Å²) in [6.45, 7) is 3.82. The predicted molar refractivity (Wildman–Crippen MR) is 49.8 cm³/mol. The molecule has 1 rings (SSSR count). The number of rotatable bonds is 2. The number of hydrogen-bond donors (Lipinski definition) is 2. The summed E-state index contributed by atoms with van der Waals surface area (Å²) in [5.41, 5.74) is 6.13. The molecule has 0 heterocycles. The lowest BCUT2D eigenvalue weighted by atomic mass is 9.96. The molecular weight excluding hydrogens is 169 g/mol. The summed E-state index contributed by atoms with van der Waals surface area (Å²) >= 11 is 0. The summed E-state index contributed by atoms with van der Waals surface area (Å²) in [4.78, 5) is 0. The normalized spacial score (nSPS) is 13.3. The number of halogens is 1. The molecule has 1 aromatic carbocycles. The Bertz CT molecular complexity index is 299. The van der Waals surface area contributed by atoms with Crippen molar-refractivity contribution in [3.05, 3.63) is 29.6 Å². The number of nitrogens with two attached hydrogens (primary N) is 1. The van der Waals surface area contributed by atoms with Crippen molar-refractivity contribution in [2.75, 3.05) is 0 Å². The Kier molecular flexibility index (Phi) is 2.88. The molecule has 0 aromatic heterocycles. The van der Waals surface area contributed by atoms with Crippen LogP contribution in [0.1, 0.15) is 25.5 Å². The van der Waals surface area contributed by atoms with Gasteiger partial charge in [0.25, 0.3) is 0 Å². The van der Waals surface area contributed by atoms with Crippen LogP contribution in [0.3, 0.4) is 0 Å². The largest absolute Gasteiger partial charge is 0.508 e. The fourth-order valence-electron chi connectivity index (χ4n) is 1.15.